The van der Waals surface area contributed by atoms with Crippen molar-refractivity contribution in [3.05, 3.63) is 58.4 Å². The SMILES string of the molecule is COCCNC(=O)Cn1ccn2nc(-c3ccc(F)cc3)c(CO)c2c1=O. The Hall–Kier alpha value is -3.04. The van der Waals surface area contributed by atoms with Crippen molar-refractivity contribution in [2.24, 2.45) is 0 Å². The fourth-order valence-corrected chi connectivity index (χ4v) is 2.77. The summed E-state index contributed by atoms with van der Waals surface area (Å²) in [7, 11) is 1.53. The molecule has 0 atom stereocenters. The molecular formula is C18H19FN4O4. The van der Waals surface area contributed by atoms with E-state index < -0.39 is 18.0 Å². The molecule has 0 radical (unpaired) electrons. The number of amides is 1. The Morgan fingerprint density at radius 2 is 2.04 bits per heavy atom. The van der Waals surface area contributed by atoms with Crippen LogP contribution in [-0.4, -0.2) is 45.5 Å². The number of carbonyl (C=O) groups excluding carboxylic acids is 1. The van der Waals surface area contributed by atoms with Crippen LogP contribution in [-0.2, 0) is 22.7 Å². The van der Waals surface area contributed by atoms with Crippen LogP contribution in [0.25, 0.3) is 16.8 Å². The lowest BCUT2D eigenvalue weighted by atomic mass is 10.1. The van der Waals surface area contributed by atoms with Crippen molar-refractivity contribution in [1.82, 2.24) is 19.5 Å². The molecule has 142 valence electrons. The topological polar surface area (TPSA) is 97.9 Å². The number of benzene rings is 1. The van der Waals surface area contributed by atoms with Gasteiger partial charge in [-0.05, 0) is 24.3 Å². The van der Waals surface area contributed by atoms with Crippen LogP contribution in [0.3, 0.4) is 0 Å². The minimum Gasteiger partial charge on any atom is -0.392 e. The smallest absolute Gasteiger partial charge is 0.277 e. The van der Waals surface area contributed by atoms with Crippen molar-refractivity contribution in [2.45, 2.75) is 13.2 Å². The van der Waals surface area contributed by atoms with Crippen molar-refractivity contribution in [1.29, 1.82) is 0 Å². The number of carbonyl (C=O) groups is 1. The molecule has 2 aromatic heterocycles. The van der Waals surface area contributed by atoms with E-state index in [0.29, 0.717) is 30.0 Å². The molecule has 1 aromatic carbocycles. The van der Waals surface area contributed by atoms with Gasteiger partial charge in [0.2, 0.25) is 5.91 Å². The molecule has 0 aliphatic carbocycles. The summed E-state index contributed by atoms with van der Waals surface area (Å²) in [5.74, 6) is -0.725. The summed E-state index contributed by atoms with van der Waals surface area (Å²) in [6.07, 6.45) is 2.99. The number of aliphatic hydroxyl groups excluding tert-OH is 1. The minimum atomic E-state index is -0.454. The summed E-state index contributed by atoms with van der Waals surface area (Å²) in [5, 5.41) is 16.8. The van der Waals surface area contributed by atoms with Crippen molar-refractivity contribution < 1.29 is 19.0 Å². The van der Waals surface area contributed by atoms with E-state index in [9.17, 15) is 19.1 Å². The van der Waals surface area contributed by atoms with Gasteiger partial charge in [0.05, 0.1) is 18.9 Å². The molecule has 1 amide bonds. The fraction of sp³-hybridized carbons (Fsp3) is 0.278. The Kier molecular flexibility index (Phi) is 5.63. The van der Waals surface area contributed by atoms with E-state index in [2.05, 4.69) is 10.4 Å². The van der Waals surface area contributed by atoms with E-state index in [1.807, 2.05) is 0 Å². The third-order valence-corrected chi connectivity index (χ3v) is 4.08. The number of aromatic nitrogens is 3. The molecule has 3 rings (SSSR count). The van der Waals surface area contributed by atoms with Crippen LogP contribution in [0.2, 0.25) is 0 Å². The molecule has 2 heterocycles. The van der Waals surface area contributed by atoms with Gasteiger partial charge in [-0.2, -0.15) is 5.10 Å². The van der Waals surface area contributed by atoms with Crippen LogP contribution in [0.15, 0.2) is 41.5 Å². The number of methoxy groups -OCH3 is 1. The molecule has 0 saturated heterocycles. The predicted molar refractivity (Wildman–Crippen MR) is 95.7 cm³/mol. The molecule has 0 fully saturated rings. The number of aliphatic hydroxyl groups is 1. The highest BCUT2D eigenvalue weighted by Gasteiger charge is 2.18. The van der Waals surface area contributed by atoms with Crippen molar-refractivity contribution in [3.8, 4) is 11.3 Å². The van der Waals surface area contributed by atoms with E-state index in [-0.39, 0.29) is 18.0 Å². The van der Waals surface area contributed by atoms with Gasteiger partial charge in [-0.15, -0.1) is 0 Å². The molecular weight excluding hydrogens is 355 g/mol. The van der Waals surface area contributed by atoms with Gasteiger partial charge in [0.1, 0.15) is 17.9 Å². The average molecular weight is 374 g/mol. The lowest BCUT2D eigenvalue weighted by molar-refractivity contribution is -0.121. The number of nitrogens with zero attached hydrogens (tertiary/aromatic N) is 3. The molecule has 0 aliphatic heterocycles. The zero-order chi connectivity index (χ0) is 19.4. The van der Waals surface area contributed by atoms with Crippen LogP contribution in [0.1, 0.15) is 5.56 Å². The molecule has 0 spiro atoms. The normalized spacial score (nSPS) is 11.1. The van der Waals surface area contributed by atoms with Crippen molar-refractivity contribution >= 4 is 11.4 Å². The molecule has 9 heteroatoms. The van der Waals surface area contributed by atoms with Crippen LogP contribution >= 0.6 is 0 Å². The van der Waals surface area contributed by atoms with Gasteiger partial charge in [-0.3, -0.25) is 9.59 Å². The number of ether oxygens (including phenoxy) is 1. The van der Waals surface area contributed by atoms with Gasteiger partial charge in [-0.1, -0.05) is 0 Å². The highest BCUT2D eigenvalue weighted by Crippen LogP contribution is 2.25. The van der Waals surface area contributed by atoms with Crippen LogP contribution < -0.4 is 10.9 Å². The van der Waals surface area contributed by atoms with Crippen LogP contribution in [0.4, 0.5) is 4.39 Å². The first-order valence-electron chi connectivity index (χ1n) is 8.28. The highest BCUT2D eigenvalue weighted by atomic mass is 19.1. The lowest BCUT2D eigenvalue weighted by Crippen LogP contribution is -2.34. The Morgan fingerprint density at radius 1 is 1.30 bits per heavy atom. The summed E-state index contributed by atoms with van der Waals surface area (Å²) in [6, 6.07) is 5.61. The summed E-state index contributed by atoms with van der Waals surface area (Å²) < 4.78 is 20.6. The van der Waals surface area contributed by atoms with Gasteiger partial charge >= 0.3 is 0 Å². The van der Waals surface area contributed by atoms with Gasteiger partial charge in [0.15, 0.2) is 0 Å². The zero-order valence-electron chi connectivity index (χ0n) is 14.7. The Morgan fingerprint density at radius 3 is 2.70 bits per heavy atom. The first kappa shape index (κ1) is 18.7. The number of hydrogen-bond donors (Lipinski definition) is 2. The maximum absolute atomic E-state index is 13.2. The first-order chi connectivity index (χ1) is 13.0. The van der Waals surface area contributed by atoms with Gasteiger partial charge in [-0.25, -0.2) is 8.91 Å². The summed E-state index contributed by atoms with van der Waals surface area (Å²) >= 11 is 0. The number of nitrogens with one attached hydrogen (secondary N) is 1. The second-order valence-corrected chi connectivity index (χ2v) is 5.86. The Balaban J connectivity index is 1.99. The van der Waals surface area contributed by atoms with E-state index in [1.165, 1.54) is 52.9 Å². The van der Waals surface area contributed by atoms with Gasteiger partial charge in [0.25, 0.3) is 5.56 Å². The summed E-state index contributed by atoms with van der Waals surface area (Å²) in [5.41, 5.74) is 0.998. The largest absolute Gasteiger partial charge is 0.392 e. The van der Waals surface area contributed by atoms with Crippen molar-refractivity contribution in [3.63, 3.8) is 0 Å². The monoisotopic (exact) mass is 374 g/mol. The number of fused-ring (bicyclic) bond motifs is 1. The summed E-state index contributed by atoms with van der Waals surface area (Å²) in [4.78, 5) is 24.8. The molecule has 0 unspecified atom stereocenters. The highest BCUT2D eigenvalue weighted by molar-refractivity contribution is 5.76. The quantitative estimate of drug-likeness (QED) is 0.589. The van der Waals surface area contributed by atoms with Gasteiger partial charge in [0, 0.05) is 37.2 Å². The molecule has 27 heavy (non-hydrogen) atoms. The predicted octanol–water partition coefficient (Wildman–Crippen LogP) is 0.557. The minimum absolute atomic E-state index is 0.166. The molecule has 3 aromatic rings. The van der Waals surface area contributed by atoms with Crippen molar-refractivity contribution in [2.75, 3.05) is 20.3 Å². The lowest BCUT2D eigenvalue weighted by Gasteiger charge is -2.07. The van der Waals surface area contributed by atoms with E-state index in [1.54, 1.807) is 0 Å². The first-order valence-corrected chi connectivity index (χ1v) is 8.28. The van der Waals surface area contributed by atoms with Crippen LogP contribution in [0, 0.1) is 5.82 Å². The maximum atomic E-state index is 13.2. The molecule has 0 bridgehead atoms. The number of halogens is 1. The summed E-state index contributed by atoms with van der Waals surface area (Å²) in [6.45, 7) is 0.129. The molecule has 8 nitrogen and oxygen atoms in total. The number of rotatable bonds is 7. The third-order valence-electron chi connectivity index (χ3n) is 4.08. The van der Waals surface area contributed by atoms with Gasteiger partial charge < -0.3 is 19.7 Å². The average Bonchev–Trinajstić information content (AvgIpc) is 3.04. The number of hydrogen-bond acceptors (Lipinski definition) is 5. The Bertz CT molecular complexity index is 1010. The maximum Gasteiger partial charge on any atom is 0.277 e. The van der Waals surface area contributed by atoms with Crippen LogP contribution in [0.5, 0.6) is 0 Å². The second kappa shape index (κ2) is 8.11. The Labute approximate surface area is 153 Å². The van der Waals surface area contributed by atoms with E-state index in [0.717, 1.165) is 0 Å². The molecule has 2 N–H and O–H groups in total. The zero-order valence-corrected chi connectivity index (χ0v) is 14.7. The fourth-order valence-electron chi connectivity index (χ4n) is 2.77. The van der Waals surface area contributed by atoms with E-state index in [4.69, 9.17) is 4.74 Å². The third kappa shape index (κ3) is 3.88. The van der Waals surface area contributed by atoms with E-state index >= 15 is 0 Å². The standard InChI is InChI=1S/C18H19FN4O4/c1-27-9-6-20-15(25)10-22-7-8-23-17(18(22)26)14(11-24)16(21-23)12-2-4-13(19)5-3-12/h2-5,7-8,24H,6,9-11H2,1H3,(H,20,25). The second-order valence-electron chi connectivity index (χ2n) is 5.86. The molecule has 0 saturated carbocycles. The molecule has 0 aliphatic rings.